The number of rotatable bonds is 5. The molecule has 3 heteroatoms. The molecule has 1 N–H and O–H groups in total. The Kier molecular flexibility index (Phi) is 5.43. The predicted molar refractivity (Wildman–Crippen MR) is 90.0 cm³/mol. The molecule has 2 aromatic carbocycles. The minimum atomic E-state index is -0.497. The minimum Gasteiger partial charge on any atom is -0.457 e. The molecule has 0 spiro atoms. The molecule has 2 atom stereocenters. The lowest BCUT2D eigenvalue weighted by Gasteiger charge is -2.12. The van der Waals surface area contributed by atoms with Crippen LogP contribution in [0.25, 0.3) is 0 Å². The number of benzene rings is 2. The number of halogens is 1. The molecule has 2 rings (SSSR count). The largest absolute Gasteiger partial charge is 0.457 e. The zero-order valence-corrected chi connectivity index (χ0v) is 14.2. The summed E-state index contributed by atoms with van der Waals surface area (Å²) in [5.41, 5.74) is 2.19. The molecule has 0 aliphatic rings. The van der Waals surface area contributed by atoms with Gasteiger partial charge in [0.25, 0.3) is 0 Å². The van der Waals surface area contributed by atoms with Gasteiger partial charge in [-0.2, -0.15) is 0 Å². The van der Waals surface area contributed by atoms with Gasteiger partial charge in [0.1, 0.15) is 11.5 Å². The molecule has 0 aliphatic carbocycles. The van der Waals surface area contributed by atoms with Gasteiger partial charge in [-0.05, 0) is 54.7 Å². The van der Waals surface area contributed by atoms with Crippen LogP contribution in [0.1, 0.15) is 50.3 Å². The second kappa shape index (κ2) is 7.10. The molecule has 0 radical (unpaired) electrons. The third kappa shape index (κ3) is 4.08. The van der Waals surface area contributed by atoms with Crippen LogP contribution in [0.3, 0.4) is 0 Å². The molecule has 0 bridgehead atoms. The molecule has 0 saturated heterocycles. The molecule has 21 heavy (non-hydrogen) atoms. The van der Waals surface area contributed by atoms with E-state index in [1.807, 2.05) is 30.3 Å². The molecule has 0 saturated carbocycles. The van der Waals surface area contributed by atoms with Crippen molar-refractivity contribution in [3.63, 3.8) is 0 Å². The highest BCUT2D eigenvalue weighted by molar-refractivity contribution is 9.10. The van der Waals surface area contributed by atoms with Crippen molar-refractivity contribution < 1.29 is 9.84 Å². The van der Waals surface area contributed by atoms with Crippen LogP contribution in [0.2, 0.25) is 0 Å². The Morgan fingerprint density at radius 3 is 2.19 bits per heavy atom. The quantitative estimate of drug-likeness (QED) is 0.738. The Labute approximate surface area is 134 Å². The van der Waals surface area contributed by atoms with Crippen LogP contribution < -0.4 is 4.74 Å². The van der Waals surface area contributed by atoms with Gasteiger partial charge in [0, 0.05) is 4.47 Å². The maximum Gasteiger partial charge on any atom is 0.128 e. The summed E-state index contributed by atoms with van der Waals surface area (Å²) in [6, 6.07) is 13.8. The van der Waals surface area contributed by atoms with E-state index in [1.165, 1.54) is 5.56 Å². The van der Waals surface area contributed by atoms with E-state index in [0.717, 1.165) is 28.0 Å². The average Bonchev–Trinajstić information content (AvgIpc) is 2.47. The van der Waals surface area contributed by atoms with E-state index in [1.54, 1.807) is 6.92 Å². The van der Waals surface area contributed by atoms with Crippen LogP contribution >= 0.6 is 15.9 Å². The summed E-state index contributed by atoms with van der Waals surface area (Å²) in [6.07, 6.45) is 0.636. The molecule has 2 aromatic rings. The van der Waals surface area contributed by atoms with Gasteiger partial charge in [-0.1, -0.05) is 48.0 Å². The van der Waals surface area contributed by atoms with E-state index >= 15 is 0 Å². The SMILES string of the molecule is CCC(C)c1ccc(Oc2ccc([C@H](C)O)c(Br)c2)cc1. The van der Waals surface area contributed by atoms with Crippen LogP contribution in [0.5, 0.6) is 11.5 Å². The van der Waals surface area contributed by atoms with Crippen molar-refractivity contribution >= 4 is 15.9 Å². The Hall–Kier alpha value is -1.32. The first-order chi connectivity index (χ1) is 10.0. The molecule has 2 nitrogen and oxygen atoms in total. The summed E-state index contributed by atoms with van der Waals surface area (Å²) in [5.74, 6) is 2.14. The van der Waals surface area contributed by atoms with Gasteiger partial charge in [0.2, 0.25) is 0 Å². The molecule has 0 aromatic heterocycles. The highest BCUT2D eigenvalue weighted by Gasteiger charge is 2.08. The topological polar surface area (TPSA) is 29.5 Å². The number of ether oxygens (including phenoxy) is 1. The lowest BCUT2D eigenvalue weighted by atomic mass is 9.99. The second-order valence-electron chi connectivity index (χ2n) is 5.34. The van der Waals surface area contributed by atoms with Crippen molar-refractivity contribution in [3.05, 3.63) is 58.1 Å². The van der Waals surface area contributed by atoms with Crippen molar-refractivity contribution in [3.8, 4) is 11.5 Å². The molecular weight excluding hydrogens is 328 g/mol. The molecule has 112 valence electrons. The lowest BCUT2D eigenvalue weighted by Crippen LogP contribution is -1.94. The van der Waals surface area contributed by atoms with Gasteiger partial charge < -0.3 is 9.84 Å². The first kappa shape index (κ1) is 16.1. The van der Waals surface area contributed by atoms with E-state index in [-0.39, 0.29) is 0 Å². The van der Waals surface area contributed by atoms with Gasteiger partial charge in [-0.3, -0.25) is 0 Å². The molecule has 0 fully saturated rings. The average molecular weight is 349 g/mol. The summed E-state index contributed by atoms with van der Waals surface area (Å²) in [5, 5.41) is 9.62. The number of aliphatic hydroxyl groups excluding tert-OH is 1. The minimum absolute atomic E-state index is 0.497. The van der Waals surface area contributed by atoms with Crippen molar-refractivity contribution in [2.75, 3.05) is 0 Å². The standard InChI is InChI=1S/C18H21BrO2/c1-4-12(2)14-5-7-15(8-6-14)21-16-9-10-17(13(3)20)18(19)11-16/h5-13,20H,4H2,1-3H3/t12?,13-/m0/s1. The van der Waals surface area contributed by atoms with Crippen molar-refractivity contribution in [1.82, 2.24) is 0 Å². The van der Waals surface area contributed by atoms with Crippen LogP contribution in [0.4, 0.5) is 0 Å². The van der Waals surface area contributed by atoms with Crippen molar-refractivity contribution in [2.45, 2.75) is 39.2 Å². The van der Waals surface area contributed by atoms with Crippen molar-refractivity contribution in [1.29, 1.82) is 0 Å². The zero-order chi connectivity index (χ0) is 15.4. The Balaban J connectivity index is 2.13. The highest BCUT2D eigenvalue weighted by atomic mass is 79.9. The molecule has 0 aliphatic heterocycles. The second-order valence-corrected chi connectivity index (χ2v) is 6.19. The number of hydrogen-bond donors (Lipinski definition) is 1. The summed E-state index contributed by atoms with van der Waals surface area (Å²) in [6.45, 7) is 6.16. The van der Waals surface area contributed by atoms with E-state index in [4.69, 9.17) is 4.74 Å². The molecule has 1 unspecified atom stereocenters. The fraction of sp³-hybridized carbons (Fsp3) is 0.333. The summed E-state index contributed by atoms with van der Waals surface area (Å²) in [4.78, 5) is 0. The fourth-order valence-electron chi connectivity index (χ4n) is 2.15. The van der Waals surface area contributed by atoms with Crippen LogP contribution in [-0.2, 0) is 0 Å². The monoisotopic (exact) mass is 348 g/mol. The van der Waals surface area contributed by atoms with Crippen LogP contribution in [0.15, 0.2) is 46.9 Å². The fourth-order valence-corrected chi connectivity index (χ4v) is 2.84. The Morgan fingerprint density at radius 2 is 1.67 bits per heavy atom. The third-order valence-electron chi connectivity index (χ3n) is 3.72. The third-order valence-corrected chi connectivity index (χ3v) is 4.41. The van der Waals surface area contributed by atoms with E-state index in [2.05, 4.69) is 41.9 Å². The zero-order valence-electron chi connectivity index (χ0n) is 12.6. The van der Waals surface area contributed by atoms with Gasteiger partial charge in [0.05, 0.1) is 6.10 Å². The Bertz CT molecular complexity index is 591. The van der Waals surface area contributed by atoms with Gasteiger partial charge in [0.15, 0.2) is 0 Å². The lowest BCUT2D eigenvalue weighted by molar-refractivity contribution is 0.198. The maximum atomic E-state index is 9.62. The van der Waals surface area contributed by atoms with Gasteiger partial charge in [-0.25, -0.2) is 0 Å². The molecular formula is C18H21BrO2. The van der Waals surface area contributed by atoms with E-state index < -0.39 is 6.10 Å². The smallest absolute Gasteiger partial charge is 0.128 e. The normalized spacial score (nSPS) is 13.8. The van der Waals surface area contributed by atoms with Gasteiger partial charge >= 0.3 is 0 Å². The molecule has 0 amide bonds. The highest BCUT2D eigenvalue weighted by Crippen LogP contribution is 2.30. The summed E-state index contributed by atoms with van der Waals surface area (Å²) < 4.78 is 6.70. The first-order valence-corrected chi connectivity index (χ1v) is 8.06. The predicted octanol–water partition coefficient (Wildman–Crippen LogP) is 5.81. The van der Waals surface area contributed by atoms with Crippen LogP contribution in [-0.4, -0.2) is 5.11 Å². The summed E-state index contributed by atoms with van der Waals surface area (Å²) >= 11 is 3.46. The maximum absolute atomic E-state index is 9.62. The van der Waals surface area contributed by atoms with E-state index in [9.17, 15) is 5.11 Å². The Morgan fingerprint density at radius 1 is 1.05 bits per heavy atom. The number of hydrogen-bond acceptors (Lipinski definition) is 2. The molecule has 0 heterocycles. The van der Waals surface area contributed by atoms with E-state index in [0.29, 0.717) is 5.92 Å². The van der Waals surface area contributed by atoms with Gasteiger partial charge in [-0.15, -0.1) is 0 Å². The van der Waals surface area contributed by atoms with Crippen LogP contribution in [0, 0.1) is 0 Å². The summed E-state index contributed by atoms with van der Waals surface area (Å²) in [7, 11) is 0. The number of aliphatic hydroxyl groups is 1. The van der Waals surface area contributed by atoms with Crippen molar-refractivity contribution in [2.24, 2.45) is 0 Å². The first-order valence-electron chi connectivity index (χ1n) is 7.26.